The summed E-state index contributed by atoms with van der Waals surface area (Å²) in [7, 11) is 0. The lowest BCUT2D eigenvalue weighted by molar-refractivity contribution is -0.132. The normalized spacial score (nSPS) is 17.3. The Kier molecular flexibility index (Phi) is 10.9. The first-order valence-electron chi connectivity index (χ1n) is 7.80. The van der Waals surface area contributed by atoms with Gasteiger partial charge in [0, 0.05) is 25.2 Å². The van der Waals surface area contributed by atoms with E-state index in [-0.39, 0.29) is 35.5 Å². The molecule has 1 rings (SSSR count). The number of amides is 2. The summed E-state index contributed by atoms with van der Waals surface area (Å²) in [6.07, 6.45) is 0.840. The van der Waals surface area contributed by atoms with Crippen LogP contribution in [0.5, 0.6) is 0 Å². The maximum absolute atomic E-state index is 12.0. The molecule has 1 heterocycles. The molecule has 1 saturated heterocycles. The molecule has 1 atom stereocenters. The molecule has 0 radical (unpaired) electrons. The smallest absolute Gasteiger partial charge is 0.232 e. The molecular formula is C15H30ClN3O3S. The van der Waals surface area contributed by atoms with Crippen LogP contribution in [0.3, 0.4) is 0 Å². The number of ether oxygens (including phenoxy) is 1. The molecule has 1 aliphatic heterocycles. The van der Waals surface area contributed by atoms with Gasteiger partial charge in [-0.25, -0.2) is 0 Å². The second-order valence-corrected chi connectivity index (χ2v) is 7.38. The Bertz CT molecular complexity index is 379. The van der Waals surface area contributed by atoms with E-state index < -0.39 is 0 Å². The summed E-state index contributed by atoms with van der Waals surface area (Å²) in [5, 5.41) is 3.00. The molecule has 0 spiro atoms. The Morgan fingerprint density at radius 1 is 1.30 bits per heavy atom. The van der Waals surface area contributed by atoms with E-state index in [4.69, 9.17) is 10.5 Å². The topological polar surface area (TPSA) is 84.7 Å². The molecule has 136 valence electrons. The molecule has 23 heavy (non-hydrogen) atoms. The van der Waals surface area contributed by atoms with Crippen LogP contribution in [0.25, 0.3) is 0 Å². The van der Waals surface area contributed by atoms with Crippen molar-refractivity contribution in [3.05, 3.63) is 0 Å². The summed E-state index contributed by atoms with van der Waals surface area (Å²) in [6, 6.07) is 0. The minimum atomic E-state index is -0.375. The lowest BCUT2D eigenvalue weighted by Gasteiger charge is -2.31. The highest BCUT2D eigenvalue weighted by Gasteiger charge is 2.26. The lowest BCUT2D eigenvalue weighted by Crippen LogP contribution is -2.52. The molecule has 2 amide bonds. The molecule has 1 unspecified atom stereocenters. The molecule has 3 N–H and O–H groups in total. The molecule has 1 fully saturated rings. The van der Waals surface area contributed by atoms with Gasteiger partial charge in [0.25, 0.3) is 0 Å². The van der Waals surface area contributed by atoms with Crippen LogP contribution in [0, 0.1) is 5.92 Å². The van der Waals surface area contributed by atoms with Crippen molar-refractivity contribution in [2.24, 2.45) is 11.7 Å². The lowest BCUT2D eigenvalue weighted by atomic mass is 9.91. The summed E-state index contributed by atoms with van der Waals surface area (Å²) in [6.45, 7) is 9.08. The van der Waals surface area contributed by atoms with Gasteiger partial charge in [-0.2, -0.15) is 0 Å². The van der Waals surface area contributed by atoms with E-state index in [1.165, 1.54) is 11.8 Å². The van der Waals surface area contributed by atoms with Crippen molar-refractivity contribution in [1.82, 2.24) is 10.2 Å². The van der Waals surface area contributed by atoms with Crippen LogP contribution in [-0.4, -0.2) is 66.6 Å². The number of rotatable bonds is 8. The number of nitrogens with one attached hydrogen (secondary N) is 1. The Morgan fingerprint density at radius 2 is 1.91 bits per heavy atom. The third kappa shape index (κ3) is 8.79. The minimum absolute atomic E-state index is 0. The third-order valence-electron chi connectivity index (χ3n) is 3.57. The number of carbonyl (C=O) groups is 2. The summed E-state index contributed by atoms with van der Waals surface area (Å²) in [5.74, 6) is 1.09. The fourth-order valence-electron chi connectivity index (χ4n) is 2.59. The quantitative estimate of drug-likeness (QED) is 0.665. The van der Waals surface area contributed by atoms with E-state index >= 15 is 0 Å². The van der Waals surface area contributed by atoms with Crippen LogP contribution in [-0.2, 0) is 14.3 Å². The van der Waals surface area contributed by atoms with Crippen molar-refractivity contribution < 1.29 is 14.3 Å². The van der Waals surface area contributed by atoms with E-state index in [0.717, 1.165) is 6.42 Å². The number of nitrogens with two attached hydrogens (primary N) is 1. The summed E-state index contributed by atoms with van der Waals surface area (Å²) >= 11 is 1.35. The van der Waals surface area contributed by atoms with Crippen LogP contribution in [0.1, 0.15) is 27.2 Å². The first kappa shape index (κ1) is 22.5. The maximum atomic E-state index is 12.0. The summed E-state index contributed by atoms with van der Waals surface area (Å²) < 4.78 is 5.21. The van der Waals surface area contributed by atoms with Gasteiger partial charge in [-0.3, -0.25) is 9.59 Å². The number of halogens is 1. The van der Waals surface area contributed by atoms with E-state index in [1.54, 1.807) is 4.90 Å². The Labute approximate surface area is 149 Å². The van der Waals surface area contributed by atoms with Crippen molar-refractivity contribution in [2.75, 3.05) is 44.4 Å². The minimum Gasteiger partial charge on any atom is -0.378 e. The molecule has 6 nitrogen and oxygen atoms in total. The van der Waals surface area contributed by atoms with Gasteiger partial charge >= 0.3 is 0 Å². The van der Waals surface area contributed by atoms with Crippen LogP contribution in [0.2, 0.25) is 0 Å². The van der Waals surface area contributed by atoms with Gasteiger partial charge in [-0.05, 0) is 19.3 Å². The monoisotopic (exact) mass is 367 g/mol. The first-order valence-corrected chi connectivity index (χ1v) is 8.96. The average Bonchev–Trinajstić information content (AvgIpc) is 2.47. The highest BCUT2D eigenvalue weighted by molar-refractivity contribution is 8.00. The predicted octanol–water partition coefficient (Wildman–Crippen LogP) is 0.880. The Hall–Kier alpha value is -0.500. The number of hydrogen-bond acceptors (Lipinski definition) is 5. The molecule has 0 aromatic carbocycles. The molecule has 8 heteroatoms. The number of hydrogen-bond donors (Lipinski definition) is 2. The number of morpholine rings is 1. The molecular weight excluding hydrogens is 338 g/mol. The first-order chi connectivity index (χ1) is 10.4. The highest BCUT2D eigenvalue weighted by atomic mass is 35.5. The van der Waals surface area contributed by atoms with Gasteiger partial charge in [-0.1, -0.05) is 13.8 Å². The fourth-order valence-corrected chi connectivity index (χ4v) is 3.31. The summed E-state index contributed by atoms with van der Waals surface area (Å²) in [4.78, 5) is 25.8. The van der Waals surface area contributed by atoms with Gasteiger partial charge in [0.05, 0.1) is 24.7 Å². The van der Waals surface area contributed by atoms with Gasteiger partial charge < -0.3 is 20.7 Å². The molecule has 0 aliphatic carbocycles. The molecule has 0 bridgehead atoms. The molecule has 0 saturated carbocycles. The Morgan fingerprint density at radius 3 is 2.43 bits per heavy atom. The van der Waals surface area contributed by atoms with Crippen molar-refractivity contribution in [1.29, 1.82) is 0 Å². The zero-order valence-corrected chi connectivity index (χ0v) is 15.9. The van der Waals surface area contributed by atoms with Crippen LogP contribution in [0.4, 0.5) is 0 Å². The molecule has 0 aromatic rings. The standard InChI is InChI=1S/C15H29N3O3S.ClH/c1-12(2)8-15(3,11-16)17-13(19)9-22-10-14(20)18-4-6-21-7-5-18;/h12H,4-11,16H2,1-3H3,(H,17,19);1H. The summed E-state index contributed by atoms with van der Waals surface area (Å²) in [5.41, 5.74) is 5.41. The predicted molar refractivity (Wildman–Crippen MR) is 97.0 cm³/mol. The number of nitrogens with zero attached hydrogens (tertiary/aromatic N) is 1. The third-order valence-corrected chi connectivity index (χ3v) is 4.49. The van der Waals surface area contributed by atoms with Crippen molar-refractivity contribution in [3.63, 3.8) is 0 Å². The number of carbonyl (C=O) groups excluding carboxylic acids is 2. The molecule has 0 aromatic heterocycles. The van der Waals surface area contributed by atoms with Crippen LogP contribution < -0.4 is 11.1 Å². The van der Waals surface area contributed by atoms with Crippen molar-refractivity contribution in [2.45, 2.75) is 32.7 Å². The number of thioether (sulfide) groups is 1. The zero-order valence-electron chi connectivity index (χ0n) is 14.3. The largest absolute Gasteiger partial charge is 0.378 e. The maximum Gasteiger partial charge on any atom is 0.232 e. The van der Waals surface area contributed by atoms with E-state index in [0.29, 0.717) is 44.5 Å². The van der Waals surface area contributed by atoms with Gasteiger partial charge in [0.15, 0.2) is 0 Å². The Balaban J connectivity index is 0.00000484. The van der Waals surface area contributed by atoms with Crippen LogP contribution >= 0.6 is 24.2 Å². The van der Waals surface area contributed by atoms with Crippen molar-refractivity contribution >= 4 is 36.0 Å². The van der Waals surface area contributed by atoms with E-state index in [1.807, 2.05) is 6.92 Å². The van der Waals surface area contributed by atoms with E-state index in [9.17, 15) is 9.59 Å². The SMILES string of the molecule is CC(C)CC(C)(CN)NC(=O)CSCC(=O)N1CCOCC1.Cl. The molecule has 1 aliphatic rings. The van der Waals surface area contributed by atoms with E-state index in [2.05, 4.69) is 19.2 Å². The second kappa shape index (κ2) is 11.1. The van der Waals surface area contributed by atoms with Gasteiger partial charge in [0.2, 0.25) is 11.8 Å². The average molecular weight is 368 g/mol. The van der Waals surface area contributed by atoms with Gasteiger partial charge in [0.1, 0.15) is 0 Å². The fraction of sp³-hybridized carbons (Fsp3) is 0.867. The second-order valence-electron chi connectivity index (χ2n) is 6.40. The van der Waals surface area contributed by atoms with Crippen LogP contribution in [0.15, 0.2) is 0 Å². The van der Waals surface area contributed by atoms with Gasteiger partial charge in [-0.15, -0.1) is 24.2 Å². The van der Waals surface area contributed by atoms with Crippen molar-refractivity contribution in [3.8, 4) is 0 Å². The zero-order chi connectivity index (χ0) is 16.6. The highest BCUT2D eigenvalue weighted by Crippen LogP contribution is 2.15.